The van der Waals surface area contributed by atoms with Crippen molar-refractivity contribution in [2.75, 3.05) is 6.61 Å². The lowest BCUT2D eigenvalue weighted by Crippen LogP contribution is -2.81. The average molecular weight is 1170 g/mol. The fourth-order valence-corrected chi connectivity index (χ4v) is 10.0. The lowest BCUT2D eigenvalue weighted by molar-refractivity contribution is -0.668. The standard InChI is InChI=1S/C34H50NO.C24BF20/c1-2-3-4-5-6-7-8-9-10-11-12-13-14-15-16-22-29-36-34-28-27-32-25-20-21-26-33(32)35(34)30-31-23-18-17-19-24-31;26-5-1(6(27)14(35)21(42)13(5)34)25(2-7(28)15(36)22(43)16(37)8(2)29,3-9(30)17(38)23(44)18(39)10(3)31)4-11(32)19(40)24(45)20(41)12(4)33/h17-21,23-28H,2-16,22,29-30H2,1H3;/q+1;-1. The van der Waals surface area contributed by atoms with Gasteiger partial charge < -0.3 is 4.74 Å². The normalized spacial score (nSPS) is 11.7. The number of rotatable bonds is 24. The Morgan fingerprint density at radius 1 is 0.309 bits per heavy atom. The van der Waals surface area contributed by atoms with E-state index in [0.717, 1.165) is 25.5 Å². The summed E-state index contributed by atoms with van der Waals surface area (Å²) in [6.07, 6.45) is 15.1. The van der Waals surface area contributed by atoms with E-state index >= 15 is 35.1 Å². The van der Waals surface area contributed by atoms with Crippen molar-refractivity contribution in [2.24, 2.45) is 0 Å². The average Bonchev–Trinajstić information content (AvgIpc) is 3.48. The van der Waals surface area contributed by atoms with Crippen LogP contribution in [0.2, 0.25) is 0 Å². The number of benzene rings is 6. The minimum absolute atomic E-state index is 0.797. The van der Waals surface area contributed by atoms with Gasteiger partial charge in [-0.3, -0.25) is 0 Å². The molecule has 2 nitrogen and oxygen atoms in total. The summed E-state index contributed by atoms with van der Waals surface area (Å²) in [6, 6.07) is 23.6. The molecule has 0 spiro atoms. The first-order valence-electron chi connectivity index (χ1n) is 25.9. The van der Waals surface area contributed by atoms with Gasteiger partial charge in [0.1, 0.15) is 52.7 Å². The number of fused-ring (bicyclic) bond motifs is 1. The van der Waals surface area contributed by atoms with Crippen LogP contribution in [0.5, 0.6) is 5.88 Å². The molecule has 0 fully saturated rings. The highest BCUT2D eigenvalue weighted by molar-refractivity contribution is 7.20. The number of hydrogen-bond donors (Lipinski definition) is 0. The minimum Gasteiger partial charge on any atom is -0.444 e. The number of pyridine rings is 1. The molecule has 81 heavy (non-hydrogen) atoms. The summed E-state index contributed by atoms with van der Waals surface area (Å²) in [5.41, 5.74) is -11.8. The molecule has 7 rings (SSSR count). The van der Waals surface area contributed by atoms with Crippen LogP contribution in [0.3, 0.4) is 0 Å². The van der Waals surface area contributed by atoms with Gasteiger partial charge in [0.15, 0.2) is 76.4 Å². The molecular weight excluding hydrogens is 1120 g/mol. The second-order valence-corrected chi connectivity index (χ2v) is 19.3. The molecule has 0 unspecified atom stereocenters. The number of halogens is 20. The van der Waals surface area contributed by atoms with Crippen molar-refractivity contribution in [3.05, 3.63) is 189 Å². The Balaban J connectivity index is 0.000000268. The molecule has 0 saturated carbocycles. The summed E-state index contributed by atoms with van der Waals surface area (Å²) in [5, 5.41) is 1.25. The Morgan fingerprint density at radius 2 is 0.593 bits per heavy atom. The van der Waals surface area contributed by atoms with E-state index in [9.17, 15) is 52.7 Å². The summed E-state index contributed by atoms with van der Waals surface area (Å²) in [4.78, 5) is 0. The molecule has 6 aromatic carbocycles. The lowest BCUT2D eigenvalue weighted by atomic mass is 9.12. The van der Waals surface area contributed by atoms with Crippen molar-refractivity contribution < 1.29 is 97.1 Å². The maximum absolute atomic E-state index is 15.4. The van der Waals surface area contributed by atoms with Gasteiger partial charge in [-0.1, -0.05) is 146 Å². The number of hydrogen-bond acceptors (Lipinski definition) is 1. The molecular formula is C58H50BF20NO. The van der Waals surface area contributed by atoms with Gasteiger partial charge in [-0.15, -0.1) is 21.9 Å². The van der Waals surface area contributed by atoms with Crippen LogP contribution in [0.15, 0.2) is 66.7 Å². The molecule has 23 heteroatoms. The van der Waals surface area contributed by atoms with E-state index in [0.29, 0.717) is 0 Å². The highest BCUT2D eigenvalue weighted by atomic mass is 19.2. The molecule has 1 heterocycles. The van der Waals surface area contributed by atoms with Crippen LogP contribution < -0.4 is 31.2 Å². The van der Waals surface area contributed by atoms with Crippen LogP contribution in [0, 0.1) is 116 Å². The second kappa shape index (κ2) is 28.3. The maximum Gasteiger partial charge on any atom is 0.368 e. The number of ether oxygens (including phenoxy) is 1. The van der Waals surface area contributed by atoms with Crippen LogP contribution in [-0.2, 0) is 6.54 Å². The van der Waals surface area contributed by atoms with Crippen molar-refractivity contribution >= 4 is 38.9 Å². The fraction of sp³-hybridized carbons (Fsp3) is 0.328. The molecule has 0 atom stereocenters. The van der Waals surface area contributed by atoms with E-state index in [1.54, 1.807) is 0 Å². The number of para-hydroxylation sites is 1. The van der Waals surface area contributed by atoms with Crippen molar-refractivity contribution in [1.82, 2.24) is 0 Å². The van der Waals surface area contributed by atoms with Crippen LogP contribution in [-0.4, -0.2) is 12.8 Å². The van der Waals surface area contributed by atoms with Crippen LogP contribution in [0.25, 0.3) is 10.9 Å². The Morgan fingerprint density at radius 3 is 0.926 bits per heavy atom. The molecule has 0 N–H and O–H groups in total. The van der Waals surface area contributed by atoms with Crippen LogP contribution in [0.1, 0.15) is 115 Å². The van der Waals surface area contributed by atoms with Gasteiger partial charge in [-0.05, 0) is 18.6 Å². The quantitative estimate of drug-likeness (QED) is 0.0147. The van der Waals surface area contributed by atoms with Crippen LogP contribution in [0.4, 0.5) is 87.8 Å². The molecule has 436 valence electrons. The molecule has 0 aliphatic rings. The first kappa shape index (κ1) is 63.4. The van der Waals surface area contributed by atoms with E-state index < -0.39 is 144 Å². The second-order valence-electron chi connectivity index (χ2n) is 19.3. The van der Waals surface area contributed by atoms with Gasteiger partial charge in [0.25, 0.3) is 0 Å². The van der Waals surface area contributed by atoms with Gasteiger partial charge in [0, 0.05) is 17.0 Å². The topological polar surface area (TPSA) is 13.1 Å². The van der Waals surface area contributed by atoms with Crippen molar-refractivity contribution in [1.29, 1.82) is 0 Å². The van der Waals surface area contributed by atoms with Crippen molar-refractivity contribution in [3.8, 4) is 5.88 Å². The predicted octanol–water partition coefficient (Wildman–Crippen LogP) is 15.7. The minimum atomic E-state index is -7.22. The molecule has 0 radical (unpaired) electrons. The fourth-order valence-electron chi connectivity index (χ4n) is 10.0. The third-order valence-electron chi connectivity index (χ3n) is 14.0. The predicted molar refractivity (Wildman–Crippen MR) is 264 cm³/mol. The molecule has 0 amide bonds. The third-order valence-corrected chi connectivity index (χ3v) is 14.0. The highest BCUT2D eigenvalue weighted by Gasteiger charge is 2.52. The summed E-state index contributed by atoms with van der Waals surface area (Å²) in [6.45, 7) is 3.92. The van der Waals surface area contributed by atoms with E-state index in [2.05, 4.69) is 78.2 Å². The van der Waals surface area contributed by atoms with E-state index in [4.69, 9.17) is 4.74 Å². The number of nitrogens with zero attached hydrogens (tertiary/aromatic N) is 1. The largest absolute Gasteiger partial charge is 0.444 e. The monoisotopic (exact) mass is 1170 g/mol. The van der Waals surface area contributed by atoms with Crippen molar-refractivity contribution in [3.63, 3.8) is 0 Å². The van der Waals surface area contributed by atoms with E-state index in [1.165, 1.54) is 113 Å². The summed E-state index contributed by atoms with van der Waals surface area (Å²) >= 11 is 0. The van der Waals surface area contributed by atoms with E-state index in [-0.39, 0.29) is 0 Å². The summed E-state index contributed by atoms with van der Waals surface area (Å²) in [7, 11) is 0. The first-order chi connectivity index (χ1) is 38.6. The zero-order valence-corrected chi connectivity index (χ0v) is 43.1. The Labute approximate surface area is 452 Å². The molecule has 0 saturated heterocycles. The van der Waals surface area contributed by atoms with Gasteiger partial charge in [-0.2, -0.15) is 4.57 Å². The van der Waals surface area contributed by atoms with Gasteiger partial charge >= 0.3 is 5.88 Å². The molecule has 1 aromatic heterocycles. The lowest BCUT2D eigenvalue weighted by Gasteiger charge is -2.44. The summed E-state index contributed by atoms with van der Waals surface area (Å²) in [5.74, 6) is -70.4. The molecule has 0 bridgehead atoms. The SMILES string of the molecule is CCCCCCCCCCCCCCCCCCOc1ccc2ccccc2[n+]1Cc1ccccc1.Fc1c(F)c(F)c([B-](c2c(F)c(F)c(F)c(F)c2F)(c2c(F)c(F)c(F)c(F)c2F)c2c(F)c(F)c(F)c(F)c2F)c(F)c1F. The van der Waals surface area contributed by atoms with Crippen molar-refractivity contribution in [2.45, 2.75) is 116 Å². The van der Waals surface area contributed by atoms with Crippen LogP contribution >= 0.6 is 0 Å². The van der Waals surface area contributed by atoms with Gasteiger partial charge in [-0.25, -0.2) is 87.8 Å². The van der Waals surface area contributed by atoms with Gasteiger partial charge in [0.2, 0.25) is 5.52 Å². The Hall–Kier alpha value is -6.81. The molecule has 0 aliphatic heterocycles. The Bertz CT molecular complexity index is 2960. The molecule has 0 aliphatic carbocycles. The number of aromatic nitrogens is 1. The maximum atomic E-state index is 15.4. The Kier molecular flexibility index (Phi) is 22.1. The zero-order chi connectivity index (χ0) is 59.5. The number of unbranched alkanes of at least 4 members (excludes halogenated alkanes) is 15. The zero-order valence-electron chi connectivity index (χ0n) is 43.1. The first-order valence-corrected chi connectivity index (χ1v) is 25.9. The summed E-state index contributed by atoms with van der Waals surface area (Å²) < 4.78 is 303. The van der Waals surface area contributed by atoms with Gasteiger partial charge in [0.05, 0.1) is 12.7 Å². The highest BCUT2D eigenvalue weighted by Crippen LogP contribution is 2.31. The molecule has 7 aromatic rings. The van der Waals surface area contributed by atoms with E-state index in [1.807, 2.05) is 0 Å². The third kappa shape index (κ3) is 13.1. The smallest absolute Gasteiger partial charge is 0.368 e.